The van der Waals surface area contributed by atoms with Crippen LogP contribution in [0.5, 0.6) is 0 Å². The standard InChI is InChI=1S/C11H11BrN2O/c1-14-5-4-10(13-7-15)9-6-8(12)2-3-11(9)14/h2-3,6,10H,4-5H2,1H3. The van der Waals surface area contributed by atoms with Crippen molar-refractivity contribution < 1.29 is 4.79 Å². The van der Waals surface area contributed by atoms with E-state index < -0.39 is 0 Å². The molecular formula is C11H11BrN2O. The third kappa shape index (κ3) is 1.96. The Hall–Kier alpha value is -1.12. The number of isocyanates is 1. The fourth-order valence-corrected chi connectivity index (χ4v) is 2.31. The lowest BCUT2D eigenvalue weighted by Gasteiger charge is -2.30. The van der Waals surface area contributed by atoms with Crippen molar-refractivity contribution in [3.63, 3.8) is 0 Å². The second-order valence-electron chi connectivity index (χ2n) is 3.65. The number of benzene rings is 1. The quantitative estimate of drug-likeness (QED) is 0.579. The zero-order valence-electron chi connectivity index (χ0n) is 8.40. The fraction of sp³-hybridized carbons (Fsp3) is 0.364. The molecule has 0 radical (unpaired) electrons. The van der Waals surface area contributed by atoms with Crippen molar-refractivity contribution in [1.82, 2.24) is 0 Å². The summed E-state index contributed by atoms with van der Waals surface area (Å²) in [6.45, 7) is 0.921. The molecule has 78 valence electrons. The molecule has 15 heavy (non-hydrogen) atoms. The summed E-state index contributed by atoms with van der Waals surface area (Å²) in [5.41, 5.74) is 2.25. The van der Waals surface area contributed by atoms with Gasteiger partial charge in [-0.3, -0.25) is 0 Å². The number of halogens is 1. The van der Waals surface area contributed by atoms with Gasteiger partial charge in [-0.2, -0.15) is 4.99 Å². The van der Waals surface area contributed by atoms with Gasteiger partial charge in [0.15, 0.2) is 0 Å². The molecule has 0 amide bonds. The van der Waals surface area contributed by atoms with Gasteiger partial charge in [0.2, 0.25) is 6.08 Å². The Labute approximate surface area is 96.9 Å². The van der Waals surface area contributed by atoms with E-state index in [1.165, 1.54) is 0 Å². The molecule has 0 saturated heterocycles. The van der Waals surface area contributed by atoms with Crippen molar-refractivity contribution in [2.24, 2.45) is 4.99 Å². The third-order valence-corrected chi connectivity index (χ3v) is 3.20. The van der Waals surface area contributed by atoms with Gasteiger partial charge in [-0.25, -0.2) is 4.79 Å². The summed E-state index contributed by atoms with van der Waals surface area (Å²) < 4.78 is 1.02. The molecule has 0 spiro atoms. The minimum Gasteiger partial charge on any atom is -0.374 e. The second kappa shape index (κ2) is 4.17. The largest absolute Gasteiger partial charge is 0.374 e. The van der Waals surface area contributed by atoms with E-state index in [9.17, 15) is 4.79 Å². The predicted octanol–water partition coefficient (Wildman–Crippen LogP) is 2.67. The van der Waals surface area contributed by atoms with E-state index in [2.05, 4.69) is 25.8 Å². The average molecular weight is 267 g/mol. The van der Waals surface area contributed by atoms with Gasteiger partial charge >= 0.3 is 0 Å². The van der Waals surface area contributed by atoms with E-state index >= 15 is 0 Å². The van der Waals surface area contributed by atoms with Crippen LogP contribution in [0, 0.1) is 0 Å². The number of carbonyl (C=O) groups excluding carboxylic acids is 1. The number of aliphatic imine (C=N–C) groups is 1. The maximum absolute atomic E-state index is 10.3. The Morgan fingerprint density at radius 1 is 1.60 bits per heavy atom. The molecule has 1 heterocycles. The highest BCUT2D eigenvalue weighted by molar-refractivity contribution is 9.10. The highest BCUT2D eigenvalue weighted by Gasteiger charge is 2.22. The summed E-state index contributed by atoms with van der Waals surface area (Å²) in [6, 6.07) is 6.04. The topological polar surface area (TPSA) is 32.7 Å². The molecule has 1 atom stereocenters. The van der Waals surface area contributed by atoms with Crippen LogP contribution >= 0.6 is 15.9 Å². The zero-order chi connectivity index (χ0) is 10.8. The van der Waals surface area contributed by atoms with Gasteiger partial charge in [-0.05, 0) is 24.6 Å². The van der Waals surface area contributed by atoms with Crippen LogP contribution in [0.2, 0.25) is 0 Å². The molecule has 0 aromatic heterocycles. The molecule has 0 N–H and O–H groups in total. The number of nitrogens with zero attached hydrogens (tertiary/aromatic N) is 2. The molecule has 4 heteroatoms. The van der Waals surface area contributed by atoms with Crippen LogP contribution in [0.4, 0.5) is 5.69 Å². The minimum atomic E-state index is -0.0359. The molecule has 1 aromatic carbocycles. The van der Waals surface area contributed by atoms with Gasteiger partial charge in [-0.1, -0.05) is 15.9 Å². The first-order chi connectivity index (χ1) is 7.22. The molecule has 1 aliphatic heterocycles. The maximum Gasteiger partial charge on any atom is 0.235 e. The molecular weight excluding hydrogens is 256 g/mol. The highest BCUT2D eigenvalue weighted by Crippen LogP contribution is 2.36. The van der Waals surface area contributed by atoms with Crippen LogP contribution in [0.25, 0.3) is 0 Å². The van der Waals surface area contributed by atoms with Crippen molar-refractivity contribution in [3.8, 4) is 0 Å². The van der Waals surface area contributed by atoms with Gasteiger partial charge in [0.1, 0.15) is 0 Å². The summed E-state index contributed by atoms with van der Waals surface area (Å²) >= 11 is 3.43. The average Bonchev–Trinajstić information content (AvgIpc) is 2.22. The summed E-state index contributed by atoms with van der Waals surface area (Å²) in [7, 11) is 2.05. The van der Waals surface area contributed by atoms with Crippen LogP contribution in [0.1, 0.15) is 18.0 Å². The fourth-order valence-electron chi connectivity index (χ4n) is 1.93. The smallest absolute Gasteiger partial charge is 0.235 e. The molecule has 0 saturated carbocycles. The first-order valence-corrected chi connectivity index (χ1v) is 5.59. The number of fused-ring (bicyclic) bond motifs is 1. The maximum atomic E-state index is 10.3. The van der Waals surface area contributed by atoms with Crippen molar-refractivity contribution in [2.45, 2.75) is 12.5 Å². The van der Waals surface area contributed by atoms with E-state index in [1.807, 2.05) is 25.2 Å². The predicted molar refractivity (Wildman–Crippen MR) is 62.9 cm³/mol. The van der Waals surface area contributed by atoms with Crippen LogP contribution in [0.15, 0.2) is 27.7 Å². The Morgan fingerprint density at radius 3 is 3.13 bits per heavy atom. The van der Waals surface area contributed by atoms with Crippen LogP contribution in [-0.4, -0.2) is 19.7 Å². The summed E-state index contributed by atoms with van der Waals surface area (Å²) in [6.07, 6.45) is 2.52. The monoisotopic (exact) mass is 266 g/mol. The Kier molecular flexibility index (Phi) is 2.89. The van der Waals surface area contributed by atoms with Crippen LogP contribution in [-0.2, 0) is 4.79 Å². The SMILES string of the molecule is CN1CCC(N=C=O)c2cc(Br)ccc21. The molecule has 2 rings (SSSR count). The number of hydrogen-bond acceptors (Lipinski definition) is 3. The summed E-state index contributed by atoms with van der Waals surface area (Å²) in [5, 5.41) is 0. The van der Waals surface area contributed by atoms with Gasteiger partial charge in [-0.15, -0.1) is 0 Å². The first-order valence-electron chi connectivity index (χ1n) is 4.80. The number of hydrogen-bond donors (Lipinski definition) is 0. The summed E-state index contributed by atoms with van der Waals surface area (Å²) in [5.74, 6) is 0. The minimum absolute atomic E-state index is 0.0359. The normalized spacial score (nSPS) is 19.3. The summed E-state index contributed by atoms with van der Waals surface area (Å²) in [4.78, 5) is 16.4. The number of anilines is 1. The van der Waals surface area contributed by atoms with Gasteiger partial charge in [0, 0.05) is 29.3 Å². The lowest BCUT2D eigenvalue weighted by atomic mass is 9.97. The lowest BCUT2D eigenvalue weighted by Crippen LogP contribution is -2.26. The van der Waals surface area contributed by atoms with Crippen LogP contribution < -0.4 is 4.90 Å². The molecule has 0 aliphatic carbocycles. The zero-order valence-corrected chi connectivity index (χ0v) is 9.99. The van der Waals surface area contributed by atoms with Gasteiger partial charge < -0.3 is 4.90 Å². The second-order valence-corrected chi connectivity index (χ2v) is 4.57. The Morgan fingerprint density at radius 2 is 2.40 bits per heavy atom. The molecule has 0 fully saturated rings. The Balaban J connectivity index is 2.50. The lowest BCUT2D eigenvalue weighted by molar-refractivity contribution is 0.549. The van der Waals surface area contributed by atoms with Crippen molar-refractivity contribution in [1.29, 1.82) is 0 Å². The van der Waals surface area contributed by atoms with E-state index in [4.69, 9.17) is 0 Å². The molecule has 1 aromatic rings. The van der Waals surface area contributed by atoms with E-state index in [1.54, 1.807) is 6.08 Å². The molecule has 3 nitrogen and oxygen atoms in total. The van der Waals surface area contributed by atoms with Crippen molar-refractivity contribution >= 4 is 27.7 Å². The van der Waals surface area contributed by atoms with Gasteiger partial charge in [0.25, 0.3) is 0 Å². The van der Waals surface area contributed by atoms with Crippen molar-refractivity contribution in [3.05, 3.63) is 28.2 Å². The molecule has 0 bridgehead atoms. The molecule has 1 unspecified atom stereocenters. The van der Waals surface area contributed by atoms with Gasteiger partial charge in [0.05, 0.1) is 6.04 Å². The first kappa shape index (κ1) is 10.4. The number of rotatable bonds is 1. The van der Waals surface area contributed by atoms with E-state index in [0.717, 1.165) is 28.7 Å². The van der Waals surface area contributed by atoms with E-state index in [-0.39, 0.29) is 6.04 Å². The Bertz CT molecular complexity index is 427. The van der Waals surface area contributed by atoms with Crippen molar-refractivity contribution in [2.75, 3.05) is 18.5 Å². The van der Waals surface area contributed by atoms with E-state index in [0.29, 0.717) is 0 Å². The third-order valence-electron chi connectivity index (χ3n) is 2.71. The highest BCUT2D eigenvalue weighted by atomic mass is 79.9. The van der Waals surface area contributed by atoms with Crippen LogP contribution in [0.3, 0.4) is 0 Å². The molecule has 1 aliphatic rings.